The lowest BCUT2D eigenvalue weighted by molar-refractivity contribution is 0.283. The third-order valence-corrected chi connectivity index (χ3v) is 3.59. The Morgan fingerprint density at radius 2 is 2.29 bits per heavy atom. The summed E-state index contributed by atoms with van der Waals surface area (Å²) in [5.74, 6) is 2.19. The van der Waals surface area contributed by atoms with Gasteiger partial charge in [-0.1, -0.05) is 0 Å². The summed E-state index contributed by atoms with van der Waals surface area (Å²) in [5.41, 5.74) is 0. The summed E-state index contributed by atoms with van der Waals surface area (Å²) in [6.45, 7) is 4.99. The molecule has 14 heavy (non-hydrogen) atoms. The topological polar surface area (TPSA) is 15.3 Å². The fourth-order valence-corrected chi connectivity index (χ4v) is 2.43. The first-order valence-corrected chi connectivity index (χ1v) is 7.10. The first-order valence-electron chi connectivity index (χ1n) is 5.71. The SMILES string of the molecule is CSCCN(C)CCC1CCCNC1. The standard InChI is InChI=1S/C11H24N2S/c1-13(8-9-14-2)7-5-11-4-3-6-12-10-11/h11-12H,3-10H2,1-2H3. The predicted octanol–water partition coefficient (Wildman–Crippen LogP) is 1.67. The van der Waals surface area contributed by atoms with Gasteiger partial charge in [0.1, 0.15) is 0 Å². The Morgan fingerprint density at radius 1 is 1.43 bits per heavy atom. The Bertz CT molecular complexity index is 135. The highest BCUT2D eigenvalue weighted by molar-refractivity contribution is 7.98. The lowest BCUT2D eigenvalue weighted by Gasteiger charge is -2.25. The van der Waals surface area contributed by atoms with Crippen LogP contribution in [0.3, 0.4) is 0 Å². The molecule has 1 aliphatic heterocycles. The van der Waals surface area contributed by atoms with Crippen molar-refractivity contribution in [2.75, 3.05) is 45.2 Å². The van der Waals surface area contributed by atoms with E-state index in [1.807, 2.05) is 11.8 Å². The molecule has 3 heteroatoms. The molecule has 1 atom stereocenters. The summed E-state index contributed by atoms with van der Waals surface area (Å²) >= 11 is 1.94. The molecule has 84 valence electrons. The van der Waals surface area contributed by atoms with Gasteiger partial charge in [0.05, 0.1) is 0 Å². The molecule has 1 unspecified atom stereocenters. The Labute approximate surface area is 92.8 Å². The minimum atomic E-state index is 0.931. The quantitative estimate of drug-likeness (QED) is 0.727. The second-order valence-corrected chi connectivity index (χ2v) is 5.28. The molecule has 0 aromatic rings. The molecule has 0 aliphatic carbocycles. The van der Waals surface area contributed by atoms with E-state index in [1.165, 1.54) is 51.2 Å². The van der Waals surface area contributed by atoms with Gasteiger partial charge in [-0.3, -0.25) is 0 Å². The highest BCUT2D eigenvalue weighted by Gasteiger charge is 2.12. The molecule has 1 N–H and O–H groups in total. The summed E-state index contributed by atoms with van der Waals surface area (Å²) in [4.78, 5) is 2.46. The van der Waals surface area contributed by atoms with Crippen molar-refractivity contribution in [3.05, 3.63) is 0 Å². The van der Waals surface area contributed by atoms with Gasteiger partial charge in [0.15, 0.2) is 0 Å². The van der Waals surface area contributed by atoms with Crippen molar-refractivity contribution < 1.29 is 0 Å². The van der Waals surface area contributed by atoms with Crippen LogP contribution in [0, 0.1) is 5.92 Å². The summed E-state index contributed by atoms with van der Waals surface area (Å²) in [6, 6.07) is 0. The van der Waals surface area contributed by atoms with Gasteiger partial charge in [0.2, 0.25) is 0 Å². The number of hydrogen-bond donors (Lipinski definition) is 1. The van der Waals surface area contributed by atoms with Crippen LogP contribution in [0.4, 0.5) is 0 Å². The van der Waals surface area contributed by atoms with Crippen molar-refractivity contribution in [1.82, 2.24) is 10.2 Å². The highest BCUT2D eigenvalue weighted by Crippen LogP contribution is 2.14. The lowest BCUT2D eigenvalue weighted by Crippen LogP contribution is -2.32. The molecule has 0 aromatic heterocycles. The molecule has 0 saturated carbocycles. The van der Waals surface area contributed by atoms with Crippen LogP contribution in [-0.4, -0.2) is 50.1 Å². The average Bonchev–Trinajstić information content (AvgIpc) is 2.25. The molecule has 1 fully saturated rings. The molecule has 0 radical (unpaired) electrons. The summed E-state index contributed by atoms with van der Waals surface area (Å²) < 4.78 is 0. The average molecular weight is 216 g/mol. The maximum atomic E-state index is 3.48. The van der Waals surface area contributed by atoms with E-state index in [4.69, 9.17) is 0 Å². The van der Waals surface area contributed by atoms with Gasteiger partial charge in [-0.05, 0) is 58.1 Å². The van der Waals surface area contributed by atoms with Crippen LogP contribution >= 0.6 is 11.8 Å². The van der Waals surface area contributed by atoms with Gasteiger partial charge in [-0.2, -0.15) is 11.8 Å². The molecule has 0 aromatic carbocycles. The van der Waals surface area contributed by atoms with Crippen LogP contribution in [0.15, 0.2) is 0 Å². The Morgan fingerprint density at radius 3 is 2.93 bits per heavy atom. The van der Waals surface area contributed by atoms with E-state index >= 15 is 0 Å². The first kappa shape index (κ1) is 12.3. The Hall–Kier alpha value is 0.270. The van der Waals surface area contributed by atoms with E-state index in [-0.39, 0.29) is 0 Å². The van der Waals surface area contributed by atoms with Gasteiger partial charge in [-0.25, -0.2) is 0 Å². The van der Waals surface area contributed by atoms with E-state index in [0.717, 1.165) is 5.92 Å². The molecule has 2 nitrogen and oxygen atoms in total. The molecule has 1 rings (SSSR count). The molecule has 1 saturated heterocycles. The minimum absolute atomic E-state index is 0.931. The zero-order valence-electron chi connectivity index (χ0n) is 9.59. The van der Waals surface area contributed by atoms with Crippen molar-refractivity contribution in [2.45, 2.75) is 19.3 Å². The van der Waals surface area contributed by atoms with E-state index in [0.29, 0.717) is 0 Å². The lowest BCUT2D eigenvalue weighted by atomic mass is 9.96. The molecule has 0 bridgehead atoms. The van der Waals surface area contributed by atoms with E-state index in [1.54, 1.807) is 0 Å². The highest BCUT2D eigenvalue weighted by atomic mass is 32.2. The van der Waals surface area contributed by atoms with E-state index in [2.05, 4.69) is 23.5 Å². The zero-order chi connectivity index (χ0) is 10.2. The van der Waals surface area contributed by atoms with Crippen molar-refractivity contribution in [2.24, 2.45) is 5.92 Å². The molecule has 0 spiro atoms. The Kier molecular flexibility index (Phi) is 6.65. The van der Waals surface area contributed by atoms with Gasteiger partial charge < -0.3 is 10.2 Å². The van der Waals surface area contributed by atoms with Crippen LogP contribution in [0.5, 0.6) is 0 Å². The second kappa shape index (κ2) is 7.55. The van der Waals surface area contributed by atoms with Crippen molar-refractivity contribution in [3.8, 4) is 0 Å². The summed E-state index contributed by atoms with van der Waals surface area (Å²) in [7, 11) is 2.24. The monoisotopic (exact) mass is 216 g/mol. The van der Waals surface area contributed by atoms with Crippen LogP contribution in [0.25, 0.3) is 0 Å². The maximum absolute atomic E-state index is 3.48. The van der Waals surface area contributed by atoms with Gasteiger partial charge in [0, 0.05) is 12.3 Å². The molecule has 0 amide bonds. The van der Waals surface area contributed by atoms with Crippen molar-refractivity contribution in [1.29, 1.82) is 0 Å². The second-order valence-electron chi connectivity index (χ2n) is 4.30. The van der Waals surface area contributed by atoms with Crippen molar-refractivity contribution in [3.63, 3.8) is 0 Å². The van der Waals surface area contributed by atoms with E-state index in [9.17, 15) is 0 Å². The van der Waals surface area contributed by atoms with Crippen LogP contribution in [-0.2, 0) is 0 Å². The van der Waals surface area contributed by atoms with Gasteiger partial charge >= 0.3 is 0 Å². The number of piperidine rings is 1. The van der Waals surface area contributed by atoms with Gasteiger partial charge in [-0.15, -0.1) is 0 Å². The number of hydrogen-bond acceptors (Lipinski definition) is 3. The molecule has 1 heterocycles. The third-order valence-electron chi connectivity index (χ3n) is 3.00. The third kappa shape index (κ3) is 5.23. The predicted molar refractivity (Wildman–Crippen MR) is 66.1 cm³/mol. The molecular weight excluding hydrogens is 192 g/mol. The molecule has 1 aliphatic rings. The first-order chi connectivity index (χ1) is 6.83. The Balaban J connectivity index is 2.00. The minimum Gasteiger partial charge on any atom is -0.316 e. The van der Waals surface area contributed by atoms with Crippen molar-refractivity contribution >= 4 is 11.8 Å². The summed E-state index contributed by atoms with van der Waals surface area (Å²) in [5, 5.41) is 3.48. The van der Waals surface area contributed by atoms with Crippen LogP contribution < -0.4 is 5.32 Å². The smallest absolute Gasteiger partial charge is 0.00692 e. The fourth-order valence-electron chi connectivity index (χ4n) is 1.93. The molecular formula is C11H24N2S. The number of rotatable bonds is 6. The number of nitrogens with one attached hydrogen (secondary N) is 1. The van der Waals surface area contributed by atoms with Crippen LogP contribution in [0.2, 0.25) is 0 Å². The maximum Gasteiger partial charge on any atom is 0.00692 e. The fraction of sp³-hybridized carbons (Fsp3) is 1.00. The zero-order valence-corrected chi connectivity index (χ0v) is 10.4. The number of thioether (sulfide) groups is 1. The number of nitrogens with zero attached hydrogens (tertiary/aromatic N) is 1. The van der Waals surface area contributed by atoms with E-state index < -0.39 is 0 Å². The largest absolute Gasteiger partial charge is 0.316 e. The van der Waals surface area contributed by atoms with Gasteiger partial charge in [0.25, 0.3) is 0 Å². The normalized spacial score (nSPS) is 22.9. The van der Waals surface area contributed by atoms with Crippen LogP contribution in [0.1, 0.15) is 19.3 Å². The summed E-state index contributed by atoms with van der Waals surface area (Å²) in [6.07, 6.45) is 6.36.